The molecule has 2 amide bonds. The molecule has 136 valence electrons. The summed E-state index contributed by atoms with van der Waals surface area (Å²) >= 11 is 12.1. The largest absolute Gasteiger partial charge is 0.327 e. The summed E-state index contributed by atoms with van der Waals surface area (Å²) in [6, 6.07) is 10.1. The lowest BCUT2D eigenvalue weighted by atomic mass is 10.1. The summed E-state index contributed by atoms with van der Waals surface area (Å²) in [4.78, 5) is 27.2. The second-order valence-electron chi connectivity index (χ2n) is 6.65. The van der Waals surface area contributed by atoms with Gasteiger partial charge in [0.25, 0.3) is 5.91 Å². The Balaban J connectivity index is 1.80. The van der Waals surface area contributed by atoms with E-state index in [2.05, 4.69) is 5.32 Å². The van der Waals surface area contributed by atoms with Crippen LogP contribution in [0.1, 0.15) is 34.3 Å². The zero-order valence-electron chi connectivity index (χ0n) is 14.7. The molecule has 6 heteroatoms. The monoisotopic (exact) mass is 390 g/mol. The SMILES string of the molecule is Cc1cc(C)cc(NC(=O)C2CCCN2C(=O)c2cc(Cl)ccc2Cl)c1. The lowest BCUT2D eigenvalue weighted by Gasteiger charge is -2.24. The molecule has 0 aliphatic carbocycles. The van der Waals surface area contributed by atoms with Gasteiger partial charge in [-0.1, -0.05) is 29.3 Å². The van der Waals surface area contributed by atoms with E-state index in [0.29, 0.717) is 28.6 Å². The molecule has 1 heterocycles. The van der Waals surface area contributed by atoms with Crippen molar-refractivity contribution in [3.63, 3.8) is 0 Å². The van der Waals surface area contributed by atoms with Gasteiger partial charge in [-0.15, -0.1) is 0 Å². The van der Waals surface area contributed by atoms with Gasteiger partial charge >= 0.3 is 0 Å². The van der Waals surface area contributed by atoms with Crippen LogP contribution >= 0.6 is 23.2 Å². The Morgan fingerprint density at radius 1 is 1.08 bits per heavy atom. The standard InChI is InChI=1S/C20H20Cl2N2O2/c1-12-8-13(2)10-15(9-12)23-19(25)18-4-3-7-24(18)20(26)16-11-14(21)5-6-17(16)22/h5-6,8-11,18H,3-4,7H2,1-2H3,(H,23,25). The molecule has 1 saturated heterocycles. The number of likely N-dealkylation sites (tertiary alicyclic amines) is 1. The number of carbonyl (C=O) groups is 2. The van der Waals surface area contributed by atoms with E-state index in [0.717, 1.165) is 23.2 Å². The first-order valence-corrected chi connectivity index (χ1v) is 9.26. The van der Waals surface area contributed by atoms with E-state index in [1.807, 2.05) is 32.0 Å². The maximum atomic E-state index is 12.9. The Morgan fingerprint density at radius 2 is 1.77 bits per heavy atom. The summed E-state index contributed by atoms with van der Waals surface area (Å²) in [5.41, 5.74) is 3.22. The highest BCUT2D eigenvalue weighted by molar-refractivity contribution is 6.35. The van der Waals surface area contributed by atoms with E-state index < -0.39 is 6.04 Å². The highest BCUT2D eigenvalue weighted by atomic mass is 35.5. The number of nitrogens with one attached hydrogen (secondary N) is 1. The van der Waals surface area contributed by atoms with Crippen LogP contribution in [0.2, 0.25) is 10.0 Å². The molecule has 0 aromatic heterocycles. The summed E-state index contributed by atoms with van der Waals surface area (Å²) in [6.07, 6.45) is 1.40. The molecular weight excluding hydrogens is 371 g/mol. The first-order chi connectivity index (χ1) is 12.3. The molecule has 4 nitrogen and oxygen atoms in total. The molecule has 0 radical (unpaired) electrons. The summed E-state index contributed by atoms with van der Waals surface area (Å²) in [5, 5.41) is 3.71. The van der Waals surface area contributed by atoms with E-state index in [4.69, 9.17) is 23.2 Å². The van der Waals surface area contributed by atoms with E-state index in [-0.39, 0.29) is 11.8 Å². The van der Waals surface area contributed by atoms with E-state index in [1.54, 1.807) is 23.1 Å². The summed E-state index contributed by atoms with van der Waals surface area (Å²) in [7, 11) is 0. The summed E-state index contributed by atoms with van der Waals surface area (Å²) in [6.45, 7) is 4.48. The highest BCUT2D eigenvalue weighted by Gasteiger charge is 2.35. The number of halogens is 2. The number of benzene rings is 2. The Hall–Kier alpha value is -2.04. The molecule has 26 heavy (non-hydrogen) atoms. The number of hydrogen-bond acceptors (Lipinski definition) is 2. The van der Waals surface area contributed by atoms with Crippen molar-refractivity contribution < 1.29 is 9.59 Å². The number of nitrogens with zero attached hydrogens (tertiary/aromatic N) is 1. The van der Waals surface area contributed by atoms with Crippen LogP contribution in [-0.2, 0) is 4.79 Å². The molecule has 1 aliphatic heterocycles. The average Bonchev–Trinajstić information content (AvgIpc) is 3.05. The van der Waals surface area contributed by atoms with Crippen LogP contribution < -0.4 is 5.32 Å². The number of rotatable bonds is 3. The van der Waals surface area contributed by atoms with Crippen molar-refractivity contribution in [3.8, 4) is 0 Å². The first kappa shape index (κ1) is 18.7. The second-order valence-corrected chi connectivity index (χ2v) is 7.49. The maximum Gasteiger partial charge on any atom is 0.256 e. The molecule has 0 spiro atoms. The topological polar surface area (TPSA) is 49.4 Å². The van der Waals surface area contributed by atoms with Gasteiger partial charge in [-0.3, -0.25) is 9.59 Å². The van der Waals surface area contributed by atoms with Gasteiger partial charge in [0.05, 0.1) is 10.6 Å². The van der Waals surface area contributed by atoms with Crippen molar-refractivity contribution in [2.24, 2.45) is 0 Å². The van der Waals surface area contributed by atoms with Gasteiger partial charge in [0.2, 0.25) is 5.91 Å². The molecule has 1 N–H and O–H groups in total. The molecule has 1 unspecified atom stereocenters. The van der Waals surface area contributed by atoms with E-state index >= 15 is 0 Å². The summed E-state index contributed by atoms with van der Waals surface area (Å²) in [5.74, 6) is -0.449. The third-order valence-corrected chi connectivity index (χ3v) is 5.03. The third kappa shape index (κ3) is 4.02. The van der Waals surface area contributed by atoms with Gasteiger partial charge in [-0.2, -0.15) is 0 Å². The Morgan fingerprint density at radius 3 is 2.46 bits per heavy atom. The van der Waals surface area contributed by atoms with Crippen LogP contribution in [0.5, 0.6) is 0 Å². The number of aryl methyl sites for hydroxylation is 2. The van der Waals surface area contributed by atoms with E-state index in [9.17, 15) is 9.59 Å². The molecule has 2 aromatic rings. The second kappa shape index (κ2) is 7.68. The lowest BCUT2D eigenvalue weighted by Crippen LogP contribution is -2.43. The minimum absolute atomic E-state index is 0.181. The number of hydrogen-bond donors (Lipinski definition) is 1. The smallest absolute Gasteiger partial charge is 0.256 e. The molecule has 0 saturated carbocycles. The number of anilines is 1. The Kier molecular flexibility index (Phi) is 5.54. The van der Waals surface area contributed by atoms with Gasteiger partial charge in [-0.05, 0) is 68.1 Å². The number of amides is 2. The normalized spacial score (nSPS) is 16.6. The van der Waals surface area contributed by atoms with Crippen LogP contribution in [0.25, 0.3) is 0 Å². The molecule has 2 aromatic carbocycles. The fourth-order valence-electron chi connectivity index (χ4n) is 3.37. The van der Waals surface area contributed by atoms with Crippen LogP contribution in [0.3, 0.4) is 0 Å². The maximum absolute atomic E-state index is 12.9. The zero-order chi connectivity index (χ0) is 18.8. The number of carbonyl (C=O) groups excluding carboxylic acids is 2. The van der Waals surface area contributed by atoms with Crippen LogP contribution in [-0.4, -0.2) is 29.3 Å². The Labute approximate surface area is 163 Å². The molecule has 1 fully saturated rings. The fraction of sp³-hybridized carbons (Fsp3) is 0.300. The van der Waals surface area contributed by atoms with Crippen molar-refractivity contribution in [3.05, 3.63) is 63.1 Å². The predicted octanol–water partition coefficient (Wildman–Crippen LogP) is 4.85. The zero-order valence-corrected chi connectivity index (χ0v) is 16.2. The van der Waals surface area contributed by atoms with Gasteiger partial charge in [0.1, 0.15) is 6.04 Å². The van der Waals surface area contributed by atoms with Gasteiger partial charge in [-0.25, -0.2) is 0 Å². The van der Waals surface area contributed by atoms with Gasteiger partial charge in [0.15, 0.2) is 0 Å². The van der Waals surface area contributed by atoms with Gasteiger partial charge in [0, 0.05) is 17.3 Å². The summed E-state index contributed by atoms with van der Waals surface area (Å²) < 4.78 is 0. The lowest BCUT2D eigenvalue weighted by molar-refractivity contribution is -0.119. The van der Waals surface area contributed by atoms with Crippen LogP contribution in [0.4, 0.5) is 5.69 Å². The van der Waals surface area contributed by atoms with Crippen LogP contribution in [0.15, 0.2) is 36.4 Å². The van der Waals surface area contributed by atoms with Crippen molar-refractivity contribution in [1.29, 1.82) is 0 Å². The molecular formula is C20H20Cl2N2O2. The minimum Gasteiger partial charge on any atom is -0.327 e. The third-order valence-electron chi connectivity index (χ3n) is 4.46. The minimum atomic E-state index is -0.515. The van der Waals surface area contributed by atoms with Crippen molar-refractivity contribution in [1.82, 2.24) is 4.90 Å². The fourth-order valence-corrected chi connectivity index (χ4v) is 3.74. The molecule has 0 bridgehead atoms. The van der Waals surface area contributed by atoms with E-state index in [1.165, 1.54) is 0 Å². The predicted molar refractivity (Wildman–Crippen MR) is 105 cm³/mol. The van der Waals surface area contributed by atoms with Gasteiger partial charge < -0.3 is 10.2 Å². The quantitative estimate of drug-likeness (QED) is 0.813. The molecule has 1 atom stereocenters. The average molecular weight is 391 g/mol. The van der Waals surface area contributed by atoms with Crippen LogP contribution in [0, 0.1) is 13.8 Å². The van der Waals surface area contributed by atoms with Crippen molar-refractivity contribution in [2.45, 2.75) is 32.7 Å². The molecule has 1 aliphatic rings. The van der Waals surface area contributed by atoms with Crippen molar-refractivity contribution in [2.75, 3.05) is 11.9 Å². The van der Waals surface area contributed by atoms with Crippen molar-refractivity contribution >= 4 is 40.7 Å². The molecule has 3 rings (SSSR count). The first-order valence-electron chi connectivity index (χ1n) is 8.50. The highest BCUT2D eigenvalue weighted by Crippen LogP contribution is 2.27. The Bertz CT molecular complexity index is 847.